The summed E-state index contributed by atoms with van der Waals surface area (Å²) in [4.78, 5) is 26.8. The van der Waals surface area contributed by atoms with Gasteiger partial charge >= 0.3 is 0 Å². The molecule has 0 radical (unpaired) electrons. The van der Waals surface area contributed by atoms with E-state index in [1.807, 2.05) is 13.0 Å². The molecule has 1 fully saturated rings. The van der Waals surface area contributed by atoms with Gasteiger partial charge in [0.2, 0.25) is 11.8 Å². The Balaban J connectivity index is 1.49. The number of rotatable bonds is 3. The highest BCUT2D eigenvalue weighted by molar-refractivity contribution is 6.31. The summed E-state index contributed by atoms with van der Waals surface area (Å²) in [7, 11) is 0. The fraction of sp³-hybridized carbons (Fsp3) is 0.300. The van der Waals surface area contributed by atoms with Crippen molar-refractivity contribution in [3.05, 3.63) is 47.0 Å². The molecule has 2 heterocycles. The topological polar surface area (TPSA) is 67.9 Å². The molecule has 0 bridgehead atoms. The molecule has 27 heavy (non-hydrogen) atoms. The molecule has 140 valence electrons. The van der Waals surface area contributed by atoms with Crippen molar-refractivity contribution < 1.29 is 19.1 Å². The molecule has 1 atom stereocenters. The lowest BCUT2D eigenvalue weighted by atomic mass is 10.1. The van der Waals surface area contributed by atoms with Crippen LogP contribution < -0.4 is 19.7 Å². The molecule has 1 unspecified atom stereocenters. The predicted molar refractivity (Wildman–Crippen MR) is 103 cm³/mol. The van der Waals surface area contributed by atoms with Crippen LogP contribution in [0.2, 0.25) is 5.02 Å². The van der Waals surface area contributed by atoms with Gasteiger partial charge in [0, 0.05) is 35.4 Å². The molecule has 2 aliphatic heterocycles. The first-order valence-electron chi connectivity index (χ1n) is 8.79. The third-order valence-electron chi connectivity index (χ3n) is 4.86. The van der Waals surface area contributed by atoms with Crippen LogP contribution in [0.15, 0.2) is 36.4 Å². The molecule has 1 N–H and O–H groups in total. The summed E-state index contributed by atoms with van der Waals surface area (Å²) in [5.41, 5.74) is 2.18. The zero-order valence-electron chi connectivity index (χ0n) is 14.8. The fourth-order valence-electron chi connectivity index (χ4n) is 3.31. The second-order valence-corrected chi connectivity index (χ2v) is 7.04. The largest absolute Gasteiger partial charge is 0.486 e. The van der Waals surface area contributed by atoms with Gasteiger partial charge in [0.1, 0.15) is 13.2 Å². The number of nitrogens with one attached hydrogen (secondary N) is 1. The highest BCUT2D eigenvalue weighted by atomic mass is 35.5. The van der Waals surface area contributed by atoms with Crippen molar-refractivity contribution in [3.8, 4) is 11.5 Å². The Morgan fingerprint density at radius 1 is 1.19 bits per heavy atom. The van der Waals surface area contributed by atoms with E-state index in [1.54, 1.807) is 35.2 Å². The number of halogens is 1. The Hall–Kier alpha value is -2.73. The van der Waals surface area contributed by atoms with Crippen molar-refractivity contribution >= 4 is 34.8 Å². The van der Waals surface area contributed by atoms with E-state index >= 15 is 0 Å². The molecule has 6 nitrogen and oxygen atoms in total. The molecule has 2 aromatic carbocycles. The van der Waals surface area contributed by atoms with Crippen LogP contribution >= 0.6 is 11.6 Å². The molecule has 7 heteroatoms. The lowest BCUT2D eigenvalue weighted by Crippen LogP contribution is -2.28. The molecule has 2 aromatic rings. The molecule has 1 saturated heterocycles. The summed E-state index contributed by atoms with van der Waals surface area (Å²) in [5.74, 6) is 0.587. The van der Waals surface area contributed by atoms with Crippen LogP contribution in [0.1, 0.15) is 12.0 Å². The van der Waals surface area contributed by atoms with Crippen molar-refractivity contribution in [1.82, 2.24) is 0 Å². The van der Waals surface area contributed by atoms with Gasteiger partial charge in [-0.25, -0.2) is 0 Å². The number of carbonyl (C=O) groups is 2. The summed E-state index contributed by atoms with van der Waals surface area (Å²) in [6.07, 6.45) is 0.167. The number of anilines is 2. The zero-order valence-corrected chi connectivity index (χ0v) is 15.6. The fourth-order valence-corrected chi connectivity index (χ4v) is 3.48. The Kier molecular flexibility index (Phi) is 4.66. The molecular formula is C20H19ClN2O4. The highest BCUT2D eigenvalue weighted by Gasteiger charge is 2.35. The van der Waals surface area contributed by atoms with Gasteiger partial charge in [0.15, 0.2) is 11.5 Å². The van der Waals surface area contributed by atoms with Gasteiger partial charge in [-0.15, -0.1) is 0 Å². The molecule has 0 spiro atoms. The Morgan fingerprint density at radius 3 is 2.78 bits per heavy atom. The summed E-state index contributed by atoms with van der Waals surface area (Å²) in [6.45, 7) is 3.16. The first-order valence-corrected chi connectivity index (χ1v) is 9.17. The van der Waals surface area contributed by atoms with Crippen molar-refractivity contribution in [2.45, 2.75) is 13.3 Å². The first kappa shape index (κ1) is 17.7. The van der Waals surface area contributed by atoms with Gasteiger partial charge in [-0.1, -0.05) is 17.7 Å². The van der Waals surface area contributed by atoms with Gasteiger partial charge < -0.3 is 19.7 Å². The summed E-state index contributed by atoms with van der Waals surface area (Å²) in [5, 5.41) is 3.48. The van der Waals surface area contributed by atoms with E-state index in [2.05, 4.69) is 5.32 Å². The molecule has 4 rings (SSSR count). The molecule has 0 saturated carbocycles. The molecule has 0 aliphatic carbocycles. The van der Waals surface area contributed by atoms with Crippen molar-refractivity contribution in [2.75, 3.05) is 30.0 Å². The predicted octanol–water partition coefficient (Wildman–Crippen LogP) is 3.41. The van der Waals surface area contributed by atoms with E-state index in [9.17, 15) is 9.59 Å². The van der Waals surface area contributed by atoms with Crippen LogP contribution in [0.4, 0.5) is 11.4 Å². The number of carbonyl (C=O) groups excluding carboxylic acids is 2. The van der Waals surface area contributed by atoms with E-state index in [4.69, 9.17) is 21.1 Å². The molecule has 2 amide bonds. The second-order valence-electron chi connectivity index (χ2n) is 6.63. The molecule has 2 aliphatic rings. The van der Waals surface area contributed by atoms with Crippen LogP contribution in [0, 0.1) is 12.8 Å². The number of hydrogen-bond donors (Lipinski definition) is 1. The minimum atomic E-state index is -0.427. The zero-order chi connectivity index (χ0) is 19.0. The Morgan fingerprint density at radius 2 is 1.96 bits per heavy atom. The van der Waals surface area contributed by atoms with Crippen molar-refractivity contribution in [2.24, 2.45) is 5.92 Å². The van der Waals surface area contributed by atoms with Gasteiger partial charge in [-0.2, -0.15) is 0 Å². The van der Waals surface area contributed by atoms with Gasteiger partial charge in [-0.3, -0.25) is 9.59 Å². The van der Waals surface area contributed by atoms with E-state index < -0.39 is 5.92 Å². The van der Waals surface area contributed by atoms with Gasteiger partial charge in [0.05, 0.1) is 5.92 Å². The summed E-state index contributed by atoms with van der Waals surface area (Å²) < 4.78 is 11.1. The average Bonchev–Trinajstić information content (AvgIpc) is 3.07. The average molecular weight is 387 g/mol. The molecule has 0 aromatic heterocycles. The maximum atomic E-state index is 12.7. The Labute approximate surface area is 162 Å². The van der Waals surface area contributed by atoms with E-state index in [0.717, 1.165) is 5.56 Å². The lowest BCUT2D eigenvalue weighted by Gasteiger charge is -2.22. The van der Waals surface area contributed by atoms with E-state index in [0.29, 0.717) is 47.7 Å². The van der Waals surface area contributed by atoms with E-state index in [-0.39, 0.29) is 18.2 Å². The maximum Gasteiger partial charge on any atom is 0.229 e. The van der Waals surface area contributed by atoms with E-state index in [1.165, 1.54) is 0 Å². The number of fused-ring (bicyclic) bond motifs is 1. The van der Waals surface area contributed by atoms with Crippen LogP contribution in [-0.4, -0.2) is 31.6 Å². The van der Waals surface area contributed by atoms with Crippen LogP contribution in [0.5, 0.6) is 11.5 Å². The van der Waals surface area contributed by atoms with Crippen LogP contribution in [0.25, 0.3) is 0 Å². The third-order valence-corrected chi connectivity index (χ3v) is 5.27. The highest BCUT2D eigenvalue weighted by Crippen LogP contribution is 2.36. The Bertz CT molecular complexity index is 915. The quantitative estimate of drug-likeness (QED) is 0.877. The smallest absolute Gasteiger partial charge is 0.229 e. The summed E-state index contributed by atoms with van der Waals surface area (Å²) in [6, 6.07) is 10.7. The van der Waals surface area contributed by atoms with Crippen LogP contribution in [-0.2, 0) is 9.59 Å². The summed E-state index contributed by atoms with van der Waals surface area (Å²) >= 11 is 6.11. The minimum Gasteiger partial charge on any atom is -0.486 e. The molecular weight excluding hydrogens is 368 g/mol. The van der Waals surface area contributed by atoms with Gasteiger partial charge in [0.25, 0.3) is 0 Å². The van der Waals surface area contributed by atoms with Crippen LogP contribution in [0.3, 0.4) is 0 Å². The normalized spacial score (nSPS) is 18.5. The lowest BCUT2D eigenvalue weighted by molar-refractivity contribution is -0.122. The standard InChI is InChI=1S/C20H19ClN2O4/c1-12-15(21)3-2-4-16(12)22-20(25)13-9-19(24)23(11-13)14-5-6-17-18(10-14)27-8-7-26-17/h2-6,10,13H,7-9,11H2,1H3,(H,22,25). The number of ether oxygens (including phenoxy) is 2. The van der Waals surface area contributed by atoms with Gasteiger partial charge in [-0.05, 0) is 36.8 Å². The number of amides is 2. The minimum absolute atomic E-state index is 0.0883. The number of nitrogens with zero attached hydrogens (tertiary/aromatic N) is 1. The maximum absolute atomic E-state index is 12.7. The monoisotopic (exact) mass is 386 g/mol. The number of hydrogen-bond acceptors (Lipinski definition) is 4. The third kappa shape index (κ3) is 3.45. The first-order chi connectivity index (χ1) is 13.0. The van der Waals surface area contributed by atoms with Crippen molar-refractivity contribution in [3.63, 3.8) is 0 Å². The SMILES string of the molecule is Cc1c(Cl)cccc1NC(=O)C1CC(=O)N(c2ccc3c(c2)OCCO3)C1. The number of benzene rings is 2. The van der Waals surface area contributed by atoms with Crippen molar-refractivity contribution in [1.29, 1.82) is 0 Å². The second kappa shape index (κ2) is 7.12.